The Labute approximate surface area is 367 Å². The highest BCUT2D eigenvalue weighted by Crippen LogP contribution is 2.68. The minimum atomic E-state index is -1.84. The quantitative estimate of drug-likeness (QED) is 0.0945. The summed E-state index contributed by atoms with van der Waals surface area (Å²) in [6.07, 6.45) is -14.7. The van der Waals surface area contributed by atoms with E-state index in [1.54, 1.807) is 0 Å². The predicted octanol–water partition coefficient (Wildman–Crippen LogP) is -0.849. The van der Waals surface area contributed by atoms with Crippen molar-refractivity contribution in [3.8, 4) is 0 Å². The van der Waals surface area contributed by atoms with E-state index in [0.29, 0.717) is 18.8 Å². The second-order valence-electron chi connectivity index (χ2n) is 20.3. The first-order chi connectivity index (χ1) is 29.9. The van der Waals surface area contributed by atoms with E-state index < -0.39 is 123 Å². The van der Waals surface area contributed by atoms with Gasteiger partial charge in [-0.25, -0.2) is 0 Å². The van der Waals surface area contributed by atoms with Gasteiger partial charge in [0.1, 0.15) is 73.4 Å². The van der Waals surface area contributed by atoms with Crippen molar-refractivity contribution in [3.63, 3.8) is 0 Å². The molecule has 0 aromatic carbocycles. The first kappa shape index (κ1) is 47.9. The number of rotatable bonds is 10. The summed E-state index contributed by atoms with van der Waals surface area (Å²) in [6.45, 7) is 8.47. The molecular formula is C45H70O18. The third-order valence-corrected chi connectivity index (χ3v) is 16.7. The van der Waals surface area contributed by atoms with Gasteiger partial charge < -0.3 is 89.0 Å². The highest BCUT2D eigenvalue weighted by molar-refractivity contribution is 5.63. The van der Waals surface area contributed by atoms with Crippen molar-refractivity contribution in [2.75, 3.05) is 13.2 Å². The fourth-order valence-electron chi connectivity index (χ4n) is 13.3. The van der Waals surface area contributed by atoms with Crippen LogP contribution < -0.4 is 0 Å². The fourth-order valence-corrected chi connectivity index (χ4v) is 13.3. The lowest BCUT2D eigenvalue weighted by molar-refractivity contribution is -0.394. The number of ether oxygens (including phenoxy) is 7. The van der Waals surface area contributed by atoms with Gasteiger partial charge in [0, 0.05) is 17.3 Å². The SMILES string of the molecule is CC(C)=C[C@H]1[C@H](C)[C@@H]2[C@H](C[C@@H]3[C@H]4CC=C5C[C@H](O[C@H]6O[C@@H](CO)[C@H](O)[C@@H](O)[C@@H]6O[C@H]6O[C@@H](CO)[C@H](O)[C@@H](O)[C@@H]6O[C@H]6O[C@@H](C)[C@H](O)[C@@H](O)[C@@H]6O)CC[C@]5(C)[C@H]4CC[C@@]23C=O)O[C@@H]1O. The molecule has 8 aliphatic rings. The molecule has 4 heterocycles. The minimum absolute atomic E-state index is 0.0102. The van der Waals surface area contributed by atoms with Crippen molar-refractivity contribution in [1.29, 1.82) is 0 Å². The Morgan fingerprint density at radius 2 is 1.37 bits per heavy atom. The van der Waals surface area contributed by atoms with E-state index in [1.165, 1.54) is 18.8 Å². The van der Waals surface area contributed by atoms with E-state index in [0.717, 1.165) is 37.7 Å². The van der Waals surface area contributed by atoms with Crippen molar-refractivity contribution in [1.82, 2.24) is 0 Å². The van der Waals surface area contributed by atoms with Gasteiger partial charge >= 0.3 is 0 Å². The maximum atomic E-state index is 13.4. The largest absolute Gasteiger partial charge is 0.394 e. The highest BCUT2D eigenvalue weighted by Gasteiger charge is 2.67. The minimum Gasteiger partial charge on any atom is -0.394 e. The normalized spacial score (nSPS) is 54.5. The van der Waals surface area contributed by atoms with Gasteiger partial charge in [0.05, 0.1) is 31.5 Å². The molecule has 3 saturated carbocycles. The van der Waals surface area contributed by atoms with Gasteiger partial charge in [-0.15, -0.1) is 0 Å². The van der Waals surface area contributed by atoms with E-state index in [1.807, 2.05) is 13.8 Å². The van der Waals surface area contributed by atoms with Crippen molar-refractivity contribution in [3.05, 3.63) is 23.3 Å². The number of carbonyl (C=O) groups excluding carboxylic acids is 1. The summed E-state index contributed by atoms with van der Waals surface area (Å²) >= 11 is 0. The topological polar surface area (TPSA) is 284 Å². The number of aldehydes is 1. The monoisotopic (exact) mass is 898 g/mol. The molecule has 0 unspecified atom stereocenters. The van der Waals surface area contributed by atoms with Crippen LogP contribution in [0.15, 0.2) is 23.3 Å². The Bertz CT molecular complexity index is 1680. The molecule has 4 saturated heterocycles. The van der Waals surface area contributed by atoms with Gasteiger partial charge in [0.25, 0.3) is 0 Å². The molecule has 18 heteroatoms. The van der Waals surface area contributed by atoms with Gasteiger partial charge in [0.2, 0.25) is 0 Å². The molecule has 0 amide bonds. The first-order valence-corrected chi connectivity index (χ1v) is 22.9. The predicted molar refractivity (Wildman–Crippen MR) is 216 cm³/mol. The van der Waals surface area contributed by atoms with Crippen molar-refractivity contribution < 1.29 is 89.0 Å². The Balaban J connectivity index is 1.00. The lowest BCUT2D eigenvalue weighted by Crippen LogP contribution is -2.67. The van der Waals surface area contributed by atoms with Gasteiger partial charge in [-0.3, -0.25) is 0 Å². The van der Waals surface area contributed by atoms with Crippen LogP contribution in [0.25, 0.3) is 0 Å². The molecule has 0 aromatic heterocycles. The number of hydrogen-bond acceptors (Lipinski definition) is 18. The molecule has 4 aliphatic carbocycles. The molecule has 0 spiro atoms. The van der Waals surface area contributed by atoms with Crippen LogP contribution in [0.1, 0.15) is 79.6 Å². The number of aliphatic hydroxyl groups is 10. The smallest absolute Gasteiger partial charge is 0.187 e. The van der Waals surface area contributed by atoms with Crippen LogP contribution in [0.5, 0.6) is 0 Å². The van der Waals surface area contributed by atoms with Gasteiger partial charge in [-0.1, -0.05) is 37.1 Å². The zero-order chi connectivity index (χ0) is 45.4. The van der Waals surface area contributed by atoms with Crippen LogP contribution in [-0.2, 0) is 38.0 Å². The van der Waals surface area contributed by atoms with Crippen molar-refractivity contribution in [2.24, 2.45) is 46.3 Å². The molecule has 7 fully saturated rings. The van der Waals surface area contributed by atoms with Crippen LogP contribution in [0.3, 0.4) is 0 Å². The van der Waals surface area contributed by atoms with Gasteiger partial charge in [-0.05, 0) is 94.8 Å². The van der Waals surface area contributed by atoms with Crippen LogP contribution in [0.2, 0.25) is 0 Å². The maximum Gasteiger partial charge on any atom is 0.187 e. The van der Waals surface area contributed by atoms with E-state index in [4.69, 9.17) is 33.2 Å². The summed E-state index contributed by atoms with van der Waals surface area (Å²) in [6, 6.07) is 0. The first-order valence-electron chi connectivity index (χ1n) is 22.9. The van der Waals surface area contributed by atoms with Crippen LogP contribution in [0, 0.1) is 46.3 Å². The van der Waals surface area contributed by atoms with E-state index >= 15 is 0 Å². The average molecular weight is 899 g/mol. The van der Waals surface area contributed by atoms with Gasteiger partial charge in [0.15, 0.2) is 25.2 Å². The van der Waals surface area contributed by atoms with Crippen molar-refractivity contribution >= 4 is 6.29 Å². The van der Waals surface area contributed by atoms with Crippen LogP contribution in [-0.4, -0.2) is 181 Å². The van der Waals surface area contributed by atoms with Crippen LogP contribution in [0.4, 0.5) is 0 Å². The summed E-state index contributed by atoms with van der Waals surface area (Å²) in [5, 5.41) is 107. The molecule has 4 aliphatic heterocycles. The molecule has 0 radical (unpaired) electrons. The van der Waals surface area contributed by atoms with E-state index in [-0.39, 0.29) is 41.1 Å². The van der Waals surface area contributed by atoms with E-state index in [9.17, 15) is 55.9 Å². The molecule has 0 bridgehead atoms. The Hall–Kier alpha value is -1.53. The number of allylic oxidation sites excluding steroid dienone is 2. The molecule has 26 atom stereocenters. The number of hydrogen-bond donors (Lipinski definition) is 10. The Kier molecular flexibility index (Phi) is 14.1. The standard InChI is InChI=1S/C45H70O18/c1-18(2)12-24-19(3)30-27(59-40(24)56)14-26-23-7-6-21-13-22(8-10-44(21,5)25(23)9-11-45(26,30)17-48)58-42-38(35(53)32(50)28(15-46)60-42)63-43-39(36(54)33(51)29(16-47)61-43)62-41-37(55)34(52)31(49)20(4)57-41/h6,12,17,19-20,22-43,46-47,49-56H,7-11,13-16H2,1-5H3/t19-,20-,22+,23-,24-,25-,26+,27-,28-,29-,30+,31-,32-,33-,34+,35+,36+,37-,38-,39-,40-,41+,42-,43+,44-,45-/m0/s1. The fraction of sp³-hybridized carbons (Fsp3) is 0.889. The summed E-state index contributed by atoms with van der Waals surface area (Å²) in [5.41, 5.74) is 1.58. The Morgan fingerprint density at radius 3 is 1.97 bits per heavy atom. The number of aliphatic hydroxyl groups excluding tert-OH is 10. The summed E-state index contributed by atoms with van der Waals surface area (Å²) in [4.78, 5) is 13.4. The second-order valence-corrected chi connectivity index (χ2v) is 20.3. The number of carbonyl (C=O) groups is 1. The molecule has 0 aromatic rings. The van der Waals surface area contributed by atoms with Crippen LogP contribution >= 0.6 is 0 Å². The molecule has 10 N–H and O–H groups in total. The lowest BCUT2D eigenvalue weighted by Gasteiger charge is -2.58. The maximum absolute atomic E-state index is 13.4. The summed E-state index contributed by atoms with van der Waals surface area (Å²) < 4.78 is 42.5. The lowest BCUT2D eigenvalue weighted by atomic mass is 9.46. The molecule has 18 nitrogen and oxygen atoms in total. The van der Waals surface area contributed by atoms with Gasteiger partial charge in [-0.2, -0.15) is 0 Å². The molecule has 358 valence electrons. The summed E-state index contributed by atoms with van der Waals surface area (Å²) in [5.74, 6) is 0.543. The second kappa shape index (κ2) is 18.5. The molecular weight excluding hydrogens is 828 g/mol. The summed E-state index contributed by atoms with van der Waals surface area (Å²) in [7, 11) is 0. The average Bonchev–Trinajstić information content (AvgIpc) is 3.60. The highest BCUT2D eigenvalue weighted by atomic mass is 16.8. The third kappa shape index (κ3) is 8.23. The Morgan fingerprint density at radius 1 is 0.746 bits per heavy atom. The van der Waals surface area contributed by atoms with Crippen molar-refractivity contribution in [2.45, 2.75) is 190 Å². The van der Waals surface area contributed by atoms with E-state index in [2.05, 4.69) is 26.0 Å². The zero-order valence-electron chi connectivity index (χ0n) is 36.7. The third-order valence-electron chi connectivity index (χ3n) is 16.7. The zero-order valence-corrected chi connectivity index (χ0v) is 36.7. The number of fused-ring (bicyclic) bond motifs is 7. The molecule has 8 rings (SSSR count). The molecule has 63 heavy (non-hydrogen) atoms.